The minimum atomic E-state index is 1.10. The van der Waals surface area contributed by atoms with Crippen LogP contribution in [0.1, 0.15) is 57.8 Å². The first-order valence-corrected chi connectivity index (χ1v) is 6.45. The zero-order valence-corrected chi connectivity index (χ0v) is 9.38. The summed E-state index contributed by atoms with van der Waals surface area (Å²) in [6.45, 7) is 0. The molecule has 1 saturated carbocycles. The second kappa shape index (κ2) is 6.89. The fourth-order valence-corrected chi connectivity index (χ4v) is 2.52. The van der Waals surface area contributed by atoms with Crippen LogP contribution in [0.3, 0.4) is 0 Å². The zero-order chi connectivity index (χ0) is 8.65. The highest BCUT2D eigenvalue weighted by Crippen LogP contribution is 2.27. The van der Waals surface area contributed by atoms with E-state index in [4.69, 9.17) is 0 Å². The molecule has 72 valence electrons. The third-order valence-corrected chi connectivity index (χ3v) is 3.45. The maximum Gasteiger partial charge on any atom is -0.0381 e. The van der Waals surface area contributed by atoms with Gasteiger partial charge in [-0.1, -0.05) is 51.4 Å². The van der Waals surface area contributed by atoms with E-state index in [0.717, 1.165) is 5.92 Å². The van der Waals surface area contributed by atoms with Gasteiger partial charge in [-0.2, -0.15) is 0 Å². The average Bonchev–Trinajstić information content (AvgIpc) is 2.14. The number of hydrogen-bond donors (Lipinski definition) is 0. The second-order valence-electron chi connectivity index (χ2n) is 4.14. The molecule has 0 bridgehead atoms. The first kappa shape index (κ1) is 10.5. The van der Waals surface area contributed by atoms with Gasteiger partial charge in [-0.25, -0.2) is 0 Å². The zero-order valence-electron chi connectivity index (χ0n) is 8.23. The van der Waals surface area contributed by atoms with Crippen LogP contribution in [0.15, 0.2) is 0 Å². The molecule has 0 aromatic rings. The largest absolute Gasteiger partial charge is 0.138 e. The monoisotopic (exact) mass is 186 g/mol. The van der Waals surface area contributed by atoms with E-state index in [1.165, 1.54) is 63.9 Å². The summed E-state index contributed by atoms with van der Waals surface area (Å²) in [6, 6.07) is 0. The van der Waals surface area contributed by atoms with Crippen molar-refractivity contribution in [1.82, 2.24) is 0 Å². The molecular weight excluding hydrogens is 163 g/mol. The Kier molecular flexibility index (Phi) is 6.04. The molecule has 0 radical (unpaired) electrons. The maximum atomic E-state index is 2.82. The van der Waals surface area contributed by atoms with Crippen LogP contribution < -0.4 is 0 Å². The number of rotatable bonds is 5. The van der Waals surface area contributed by atoms with Crippen LogP contribution in [0.5, 0.6) is 0 Å². The Balaban J connectivity index is 1.91. The molecule has 0 saturated heterocycles. The Labute approximate surface area is 79.7 Å². The smallest absolute Gasteiger partial charge is 0.0381 e. The van der Waals surface area contributed by atoms with Gasteiger partial charge in [-0.05, 0) is 18.5 Å². The van der Waals surface area contributed by atoms with E-state index in [-0.39, 0.29) is 0 Å². The van der Waals surface area contributed by atoms with Crippen LogP contribution in [0.4, 0.5) is 0 Å². The molecule has 1 atom stereocenters. The number of hydrogen-bond acceptors (Lipinski definition) is 0. The summed E-state index contributed by atoms with van der Waals surface area (Å²) in [6.07, 6.45) is 14.7. The summed E-state index contributed by atoms with van der Waals surface area (Å²) in [5.74, 6) is 1.10. The second-order valence-corrected chi connectivity index (χ2v) is 4.72. The molecule has 0 amide bonds. The Bertz CT molecular complexity index is 95.2. The van der Waals surface area contributed by atoms with Crippen molar-refractivity contribution < 1.29 is 0 Å². The van der Waals surface area contributed by atoms with Gasteiger partial charge in [0.15, 0.2) is 0 Å². The predicted octanol–water partition coefficient (Wildman–Crippen LogP) is 4.00. The summed E-state index contributed by atoms with van der Waals surface area (Å²) >= 11 is 0. The van der Waals surface area contributed by atoms with Gasteiger partial charge in [0, 0.05) is 0 Å². The predicted molar refractivity (Wildman–Crippen MR) is 59.6 cm³/mol. The highest BCUT2D eigenvalue weighted by molar-refractivity contribution is 7.16. The van der Waals surface area contributed by atoms with Crippen molar-refractivity contribution in [3.8, 4) is 0 Å². The van der Waals surface area contributed by atoms with Gasteiger partial charge < -0.3 is 0 Å². The molecule has 1 fully saturated rings. The Morgan fingerprint density at radius 2 is 1.67 bits per heavy atom. The van der Waals surface area contributed by atoms with Crippen LogP contribution in [0.2, 0.25) is 0 Å². The van der Waals surface area contributed by atoms with Crippen LogP contribution in [0, 0.1) is 5.92 Å². The van der Waals surface area contributed by atoms with Crippen molar-refractivity contribution in [3.05, 3.63) is 0 Å². The molecule has 1 unspecified atom stereocenters. The molecule has 1 aliphatic rings. The van der Waals surface area contributed by atoms with Crippen molar-refractivity contribution in [1.29, 1.82) is 0 Å². The molecule has 1 heteroatoms. The summed E-state index contributed by atoms with van der Waals surface area (Å²) in [4.78, 5) is 0. The van der Waals surface area contributed by atoms with E-state index in [1.807, 2.05) is 0 Å². The van der Waals surface area contributed by atoms with Crippen LogP contribution in [-0.2, 0) is 0 Å². The van der Waals surface area contributed by atoms with Crippen molar-refractivity contribution in [2.75, 3.05) is 6.16 Å². The van der Waals surface area contributed by atoms with Crippen molar-refractivity contribution in [2.45, 2.75) is 57.8 Å². The highest BCUT2D eigenvalue weighted by atomic mass is 31.0. The third kappa shape index (κ3) is 4.45. The van der Waals surface area contributed by atoms with Gasteiger partial charge in [0.2, 0.25) is 0 Å². The molecule has 1 aliphatic carbocycles. The fourth-order valence-electron chi connectivity index (χ4n) is 2.23. The molecule has 0 aliphatic heterocycles. The molecule has 0 heterocycles. The molecule has 0 aromatic carbocycles. The van der Waals surface area contributed by atoms with E-state index in [9.17, 15) is 0 Å². The van der Waals surface area contributed by atoms with Gasteiger partial charge in [0.05, 0.1) is 0 Å². The molecule has 0 aromatic heterocycles. The average molecular weight is 186 g/mol. The minimum Gasteiger partial charge on any atom is -0.138 e. The molecule has 12 heavy (non-hydrogen) atoms. The van der Waals surface area contributed by atoms with E-state index in [2.05, 4.69) is 9.24 Å². The first-order valence-electron chi connectivity index (χ1n) is 5.63. The Hall–Kier alpha value is 0.430. The minimum absolute atomic E-state index is 1.10. The molecular formula is C11H23P. The maximum absolute atomic E-state index is 2.82. The molecule has 0 N–H and O–H groups in total. The van der Waals surface area contributed by atoms with Crippen molar-refractivity contribution >= 4 is 9.24 Å². The quantitative estimate of drug-likeness (QED) is 0.449. The van der Waals surface area contributed by atoms with Gasteiger partial charge in [0.25, 0.3) is 0 Å². The summed E-state index contributed by atoms with van der Waals surface area (Å²) < 4.78 is 0. The molecule has 0 nitrogen and oxygen atoms in total. The lowest BCUT2D eigenvalue weighted by Gasteiger charge is -2.21. The Morgan fingerprint density at radius 3 is 2.33 bits per heavy atom. The summed E-state index contributed by atoms with van der Waals surface area (Å²) in [7, 11) is 2.82. The van der Waals surface area contributed by atoms with E-state index in [1.54, 1.807) is 0 Å². The lowest BCUT2D eigenvalue weighted by atomic mass is 9.86. The van der Waals surface area contributed by atoms with Crippen LogP contribution in [-0.4, -0.2) is 6.16 Å². The van der Waals surface area contributed by atoms with Crippen molar-refractivity contribution in [2.24, 2.45) is 5.92 Å². The van der Waals surface area contributed by atoms with Gasteiger partial charge >= 0.3 is 0 Å². The standard InChI is InChI=1S/C11H23P/c12-10-6-2-5-9-11-7-3-1-4-8-11/h11H,1-10,12H2. The van der Waals surface area contributed by atoms with Crippen LogP contribution in [0.25, 0.3) is 0 Å². The molecule has 1 rings (SSSR count). The van der Waals surface area contributed by atoms with Gasteiger partial charge in [-0.3, -0.25) is 0 Å². The lowest BCUT2D eigenvalue weighted by molar-refractivity contribution is 0.329. The van der Waals surface area contributed by atoms with Crippen molar-refractivity contribution in [3.63, 3.8) is 0 Å². The van der Waals surface area contributed by atoms with Gasteiger partial charge in [0.1, 0.15) is 0 Å². The molecule has 0 spiro atoms. The van der Waals surface area contributed by atoms with E-state index < -0.39 is 0 Å². The fraction of sp³-hybridized carbons (Fsp3) is 1.00. The highest BCUT2D eigenvalue weighted by Gasteiger charge is 2.11. The lowest BCUT2D eigenvalue weighted by Crippen LogP contribution is -2.05. The SMILES string of the molecule is PCCCCCC1CCCCC1. The Morgan fingerprint density at radius 1 is 0.917 bits per heavy atom. The van der Waals surface area contributed by atoms with E-state index in [0.29, 0.717) is 0 Å². The topological polar surface area (TPSA) is 0 Å². The first-order chi connectivity index (χ1) is 5.93. The number of unbranched alkanes of at least 4 members (excludes halogenated alkanes) is 2. The summed E-state index contributed by atoms with van der Waals surface area (Å²) in [5.41, 5.74) is 0. The normalized spacial score (nSPS) is 19.8. The van der Waals surface area contributed by atoms with Gasteiger partial charge in [-0.15, -0.1) is 9.24 Å². The van der Waals surface area contributed by atoms with E-state index >= 15 is 0 Å². The summed E-state index contributed by atoms with van der Waals surface area (Å²) in [5, 5.41) is 0. The van der Waals surface area contributed by atoms with Crippen LogP contribution >= 0.6 is 9.24 Å². The third-order valence-electron chi connectivity index (χ3n) is 3.04.